The van der Waals surface area contributed by atoms with Crippen LogP contribution in [0.25, 0.3) is 16.8 Å². The molecule has 3 heteroatoms. The van der Waals surface area contributed by atoms with Crippen LogP contribution in [0, 0.1) is 11.3 Å². The fourth-order valence-electron chi connectivity index (χ4n) is 8.07. The minimum absolute atomic E-state index is 0.0408. The van der Waals surface area contributed by atoms with E-state index >= 15 is 4.79 Å². The van der Waals surface area contributed by atoms with Gasteiger partial charge in [0, 0.05) is 17.5 Å². The molecule has 0 amide bonds. The van der Waals surface area contributed by atoms with Crippen LogP contribution in [0.5, 0.6) is 0 Å². The third-order valence-corrected chi connectivity index (χ3v) is 9.57. The zero-order chi connectivity index (χ0) is 26.8. The van der Waals surface area contributed by atoms with Gasteiger partial charge in [0.2, 0.25) is 0 Å². The number of ketones is 2. The number of carbonyl (C=O) groups excluding carboxylic acids is 2. The summed E-state index contributed by atoms with van der Waals surface area (Å²) in [4.78, 5) is 30.1. The summed E-state index contributed by atoms with van der Waals surface area (Å²) in [6.45, 7) is 4.42. The number of benzene rings is 4. The van der Waals surface area contributed by atoms with Gasteiger partial charge in [-0.3, -0.25) is 14.9 Å². The van der Waals surface area contributed by atoms with Gasteiger partial charge in [0.15, 0.2) is 11.6 Å². The van der Waals surface area contributed by atoms with E-state index in [1.165, 1.54) is 0 Å². The number of allylic oxidation sites excluding steroid dienone is 1. The Morgan fingerprint density at radius 2 is 1.51 bits per heavy atom. The maximum absolute atomic E-state index is 15.2. The van der Waals surface area contributed by atoms with Gasteiger partial charge >= 0.3 is 0 Å². The molecule has 2 aliphatic carbocycles. The van der Waals surface area contributed by atoms with E-state index in [1.807, 2.05) is 54.6 Å². The van der Waals surface area contributed by atoms with E-state index < -0.39 is 11.0 Å². The Kier molecular flexibility index (Phi) is 5.50. The zero-order valence-corrected chi connectivity index (χ0v) is 22.5. The molecule has 1 unspecified atom stereocenters. The molecule has 2 fully saturated rings. The molecule has 4 atom stereocenters. The smallest absolute Gasteiger partial charge is 0.189 e. The molecule has 3 nitrogen and oxygen atoms in total. The summed E-state index contributed by atoms with van der Waals surface area (Å²) in [5, 5.41) is 6.00. The molecule has 0 bridgehead atoms. The molecule has 4 aromatic carbocycles. The van der Waals surface area contributed by atoms with Crippen LogP contribution in [0.15, 0.2) is 103 Å². The van der Waals surface area contributed by atoms with E-state index in [1.54, 1.807) is 0 Å². The van der Waals surface area contributed by atoms with Gasteiger partial charge in [-0.05, 0) is 64.3 Å². The first-order chi connectivity index (χ1) is 19.0. The van der Waals surface area contributed by atoms with Crippen LogP contribution in [0.2, 0.25) is 0 Å². The van der Waals surface area contributed by atoms with Gasteiger partial charge in [0.25, 0.3) is 0 Å². The highest BCUT2D eigenvalue weighted by Gasteiger charge is 2.73. The molecule has 194 valence electrons. The first-order valence-electron chi connectivity index (χ1n) is 14.2. The minimum atomic E-state index is -1.11. The molecule has 1 N–H and O–H groups in total. The highest BCUT2D eigenvalue weighted by atomic mass is 16.1. The van der Waals surface area contributed by atoms with Crippen molar-refractivity contribution < 1.29 is 9.59 Å². The molecule has 1 saturated heterocycles. The molecule has 0 aromatic heterocycles. The predicted octanol–water partition coefficient (Wildman–Crippen LogP) is 7.47. The molecule has 7 rings (SSSR count). The van der Waals surface area contributed by atoms with Gasteiger partial charge in [-0.2, -0.15) is 0 Å². The van der Waals surface area contributed by atoms with Crippen molar-refractivity contribution in [2.45, 2.75) is 50.6 Å². The van der Waals surface area contributed by atoms with Crippen molar-refractivity contribution in [1.82, 2.24) is 5.32 Å². The number of nitrogens with one attached hydrogen (secondary N) is 1. The van der Waals surface area contributed by atoms with Crippen LogP contribution in [0.4, 0.5) is 0 Å². The van der Waals surface area contributed by atoms with Gasteiger partial charge in [0.1, 0.15) is 5.54 Å². The highest BCUT2D eigenvalue weighted by Crippen LogP contribution is 2.66. The maximum atomic E-state index is 15.2. The summed E-state index contributed by atoms with van der Waals surface area (Å²) >= 11 is 0. The van der Waals surface area contributed by atoms with Crippen LogP contribution < -0.4 is 5.32 Å². The molecule has 39 heavy (non-hydrogen) atoms. The van der Waals surface area contributed by atoms with E-state index in [9.17, 15) is 4.79 Å². The summed E-state index contributed by atoms with van der Waals surface area (Å²) in [6.07, 6.45) is 4.32. The molecule has 1 heterocycles. The normalized spacial score (nSPS) is 28.9. The molecule has 4 aromatic rings. The summed E-state index contributed by atoms with van der Waals surface area (Å²) in [6, 6.07) is 32.7. The molecular weight excluding hydrogens is 478 g/mol. The fourth-order valence-corrected chi connectivity index (χ4v) is 8.07. The van der Waals surface area contributed by atoms with Gasteiger partial charge in [-0.25, -0.2) is 0 Å². The lowest BCUT2D eigenvalue weighted by Gasteiger charge is -2.48. The van der Waals surface area contributed by atoms with Crippen LogP contribution in [0.3, 0.4) is 0 Å². The Bertz CT molecular complexity index is 1630. The topological polar surface area (TPSA) is 46.2 Å². The molecule has 2 spiro atoms. The highest BCUT2D eigenvalue weighted by molar-refractivity contribution is 6.24. The number of hydrogen-bond acceptors (Lipinski definition) is 3. The van der Waals surface area contributed by atoms with E-state index in [0.29, 0.717) is 6.42 Å². The largest absolute Gasteiger partial charge is 0.296 e. The van der Waals surface area contributed by atoms with Crippen molar-refractivity contribution >= 4 is 28.4 Å². The van der Waals surface area contributed by atoms with Crippen molar-refractivity contribution in [3.05, 3.63) is 125 Å². The van der Waals surface area contributed by atoms with E-state index in [0.717, 1.165) is 51.4 Å². The van der Waals surface area contributed by atoms with E-state index in [2.05, 4.69) is 67.7 Å². The van der Waals surface area contributed by atoms with Crippen LogP contribution in [0.1, 0.15) is 66.1 Å². The van der Waals surface area contributed by atoms with Gasteiger partial charge < -0.3 is 0 Å². The Labute approximate surface area is 230 Å². The van der Waals surface area contributed by atoms with Crippen LogP contribution >= 0.6 is 0 Å². The Morgan fingerprint density at radius 1 is 0.821 bits per heavy atom. The maximum Gasteiger partial charge on any atom is 0.189 e. The van der Waals surface area contributed by atoms with Crippen molar-refractivity contribution in [3.63, 3.8) is 0 Å². The summed E-state index contributed by atoms with van der Waals surface area (Å²) < 4.78 is 0. The average Bonchev–Trinajstić information content (AvgIpc) is 3.40. The van der Waals surface area contributed by atoms with E-state index in [-0.39, 0.29) is 29.4 Å². The van der Waals surface area contributed by atoms with E-state index in [4.69, 9.17) is 0 Å². The fraction of sp³-hybridized carbons (Fsp3) is 0.278. The van der Waals surface area contributed by atoms with Crippen molar-refractivity contribution in [2.75, 3.05) is 0 Å². The molecule has 1 aliphatic heterocycles. The monoisotopic (exact) mass is 511 g/mol. The summed E-state index contributed by atoms with van der Waals surface area (Å²) in [7, 11) is 0. The Morgan fingerprint density at radius 3 is 2.23 bits per heavy atom. The summed E-state index contributed by atoms with van der Waals surface area (Å²) in [5.41, 5.74) is 2.64. The number of rotatable bonds is 3. The summed E-state index contributed by atoms with van der Waals surface area (Å²) in [5.74, 6) is 0.255. The second-order valence-corrected chi connectivity index (χ2v) is 11.8. The Balaban J connectivity index is 1.55. The molecular formula is C36H33NO2. The van der Waals surface area contributed by atoms with Gasteiger partial charge in [-0.15, -0.1) is 0 Å². The van der Waals surface area contributed by atoms with Crippen molar-refractivity contribution in [1.29, 1.82) is 0 Å². The van der Waals surface area contributed by atoms with Gasteiger partial charge in [-0.1, -0.05) is 111 Å². The lowest BCUT2D eigenvalue weighted by molar-refractivity contribution is -0.130. The second kappa shape index (κ2) is 8.86. The SMILES string of the molecule is CC(C)C1N[C@@]2(C(=O)c3cccc4cccc2c34)[C@@]2(CCC/C(=C\c3ccccc3)C2=O)[C@H]1c1ccccc1. The minimum Gasteiger partial charge on any atom is -0.296 e. The van der Waals surface area contributed by atoms with Gasteiger partial charge in [0.05, 0.1) is 5.41 Å². The van der Waals surface area contributed by atoms with Crippen LogP contribution in [-0.2, 0) is 10.3 Å². The number of hydrogen-bond donors (Lipinski definition) is 1. The lowest BCUT2D eigenvalue weighted by atomic mass is 9.52. The Hall–Kier alpha value is -3.82. The third-order valence-electron chi connectivity index (χ3n) is 9.57. The molecule has 3 aliphatic rings. The number of fused-ring (bicyclic) bond motifs is 2. The second-order valence-electron chi connectivity index (χ2n) is 11.8. The first kappa shape index (κ1) is 24.2. The quantitative estimate of drug-likeness (QED) is 0.290. The number of carbonyl (C=O) groups is 2. The first-order valence-corrected chi connectivity index (χ1v) is 14.2. The lowest BCUT2D eigenvalue weighted by Crippen LogP contribution is -2.59. The van der Waals surface area contributed by atoms with Crippen molar-refractivity contribution in [3.8, 4) is 0 Å². The van der Waals surface area contributed by atoms with Crippen LogP contribution in [-0.4, -0.2) is 17.6 Å². The average molecular weight is 512 g/mol. The number of Topliss-reactive ketones (excluding diaryl/α,β-unsaturated/α-hetero) is 2. The predicted molar refractivity (Wildman–Crippen MR) is 157 cm³/mol. The third kappa shape index (κ3) is 3.20. The molecule has 1 saturated carbocycles. The standard InChI is InChI=1S/C36H33NO2/c1-23(2)32-31(26-14-7-4-8-15-26)35(21-11-18-27(33(35)38)22-24-12-5-3-6-13-24)36(37-32)29-20-10-17-25-16-9-19-28(30(25)29)34(36)39/h3-10,12-17,19-20,22-23,31-32,37H,11,18,21H2,1-2H3/b27-22+/t31-,32?,35-,36-/m0/s1. The molecule has 0 radical (unpaired) electrons. The van der Waals surface area contributed by atoms with Crippen molar-refractivity contribution in [2.24, 2.45) is 11.3 Å². The zero-order valence-electron chi connectivity index (χ0n) is 22.5.